The van der Waals surface area contributed by atoms with Crippen LogP contribution in [0.15, 0.2) is 21.3 Å². The molecule has 7 N–H and O–H groups in total. The molecule has 8 heteroatoms. The fourth-order valence-electron chi connectivity index (χ4n) is 1.47. The highest BCUT2D eigenvalue weighted by molar-refractivity contribution is 5.85. The fourth-order valence-corrected chi connectivity index (χ4v) is 1.47. The lowest BCUT2D eigenvalue weighted by molar-refractivity contribution is -0.125. The van der Waals surface area contributed by atoms with Crippen LogP contribution in [0.5, 0.6) is 0 Å². The van der Waals surface area contributed by atoms with E-state index >= 15 is 0 Å². The summed E-state index contributed by atoms with van der Waals surface area (Å²) < 4.78 is 4.83. The van der Waals surface area contributed by atoms with E-state index in [1.807, 2.05) is 0 Å². The highest BCUT2D eigenvalue weighted by Crippen LogP contribution is 2.24. The van der Waals surface area contributed by atoms with Gasteiger partial charge in [-0.1, -0.05) is 0 Å². The van der Waals surface area contributed by atoms with E-state index in [0.29, 0.717) is 22.5 Å². The minimum atomic E-state index is -1.32. The molecule has 96 valence electrons. The van der Waals surface area contributed by atoms with E-state index in [1.165, 1.54) is 6.07 Å². The van der Waals surface area contributed by atoms with Crippen LogP contribution < -0.4 is 22.5 Å². The molecule has 1 amide bonds. The number of carbonyl (C=O) groups excluding carboxylic acids is 1. The zero-order chi connectivity index (χ0) is 13.3. The van der Waals surface area contributed by atoms with Crippen molar-refractivity contribution >= 4 is 28.4 Å². The van der Waals surface area contributed by atoms with Crippen molar-refractivity contribution in [3.8, 4) is 0 Å². The highest BCUT2D eigenvalue weighted by Gasteiger charge is 2.12. The number of nitrogens with one attached hydrogen (secondary N) is 2. The van der Waals surface area contributed by atoms with Crippen LogP contribution in [0.2, 0.25) is 0 Å². The summed E-state index contributed by atoms with van der Waals surface area (Å²) in [5.74, 6) is -1.42. The van der Waals surface area contributed by atoms with E-state index in [1.54, 1.807) is 6.07 Å². The number of amides is 1. The lowest BCUT2D eigenvalue weighted by Gasteiger charge is -2.11. The zero-order valence-electron chi connectivity index (χ0n) is 9.27. The van der Waals surface area contributed by atoms with Crippen LogP contribution in [0.3, 0.4) is 0 Å². The van der Waals surface area contributed by atoms with Crippen molar-refractivity contribution in [3.63, 3.8) is 0 Å². The third-order valence-electron chi connectivity index (χ3n) is 2.41. The second-order valence-electron chi connectivity index (χ2n) is 3.75. The second-order valence-corrected chi connectivity index (χ2v) is 3.75. The first-order valence-corrected chi connectivity index (χ1v) is 5.11. The fraction of sp³-hybridized carbons (Fsp3) is 0.200. The quantitative estimate of drug-likeness (QED) is 0.439. The summed E-state index contributed by atoms with van der Waals surface area (Å²) in [6, 6.07) is 3.01. The minimum absolute atomic E-state index is 0.0763. The molecule has 8 nitrogen and oxygen atoms in total. The number of benzene rings is 1. The molecule has 0 spiro atoms. The standard InChI is InChI=1S/C10H12N4O4/c11-4-1-8-6(14-10(17)18-8)2-5(4)13-3-7(15)9(12)16/h1-2,7,13,15H,3,11H2,(H2,12,16)(H,14,17). The van der Waals surface area contributed by atoms with Gasteiger partial charge in [-0.25, -0.2) is 4.79 Å². The van der Waals surface area contributed by atoms with Crippen molar-refractivity contribution in [1.29, 1.82) is 0 Å². The first kappa shape index (κ1) is 12.0. The molecule has 1 unspecified atom stereocenters. The van der Waals surface area contributed by atoms with Crippen molar-refractivity contribution in [1.82, 2.24) is 4.98 Å². The molecule has 0 bridgehead atoms. The van der Waals surface area contributed by atoms with Gasteiger partial charge in [0.05, 0.1) is 16.9 Å². The number of hydrogen-bond donors (Lipinski definition) is 5. The molecule has 1 atom stereocenters. The first-order chi connectivity index (χ1) is 8.47. The zero-order valence-corrected chi connectivity index (χ0v) is 9.27. The van der Waals surface area contributed by atoms with Crippen LogP contribution in [0.1, 0.15) is 0 Å². The average molecular weight is 252 g/mol. The van der Waals surface area contributed by atoms with E-state index in [9.17, 15) is 14.7 Å². The molecule has 0 saturated carbocycles. The summed E-state index contributed by atoms with van der Waals surface area (Å²) in [7, 11) is 0. The Hall–Kier alpha value is -2.48. The summed E-state index contributed by atoms with van der Waals surface area (Å²) >= 11 is 0. The summed E-state index contributed by atoms with van der Waals surface area (Å²) in [5.41, 5.74) is 12.2. The van der Waals surface area contributed by atoms with Crippen molar-refractivity contribution < 1.29 is 14.3 Å². The Morgan fingerprint density at radius 2 is 2.28 bits per heavy atom. The molecule has 0 radical (unpaired) electrons. The predicted octanol–water partition coefficient (Wildman–Crippen LogP) is -1.04. The van der Waals surface area contributed by atoms with Gasteiger partial charge in [0.2, 0.25) is 5.91 Å². The number of H-pyrrole nitrogens is 1. The number of aliphatic hydroxyl groups excluding tert-OH is 1. The molecule has 2 rings (SSSR count). The van der Waals surface area contributed by atoms with E-state index in [-0.39, 0.29) is 6.54 Å². The molecular weight excluding hydrogens is 240 g/mol. The number of aromatic nitrogens is 1. The lowest BCUT2D eigenvalue weighted by atomic mass is 10.2. The molecule has 1 aromatic heterocycles. The van der Waals surface area contributed by atoms with Gasteiger partial charge in [-0.15, -0.1) is 0 Å². The molecule has 1 aromatic carbocycles. The van der Waals surface area contributed by atoms with Gasteiger partial charge in [-0.05, 0) is 6.07 Å². The molecule has 0 aliphatic rings. The van der Waals surface area contributed by atoms with Crippen LogP contribution in [-0.2, 0) is 4.79 Å². The third kappa shape index (κ3) is 2.28. The number of anilines is 2. The Balaban J connectivity index is 2.25. The Kier molecular flexibility index (Phi) is 2.94. The number of hydrogen-bond acceptors (Lipinski definition) is 6. The summed E-state index contributed by atoms with van der Waals surface area (Å²) in [6.45, 7) is -0.0763. The van der Waals surface area contributed by atoms with E-state index < -0.39 is 17.8 Å². The van der Waals surface area contributed by atoms with Crippen molar-refractivity contribution in [2.24, 2.45) is 5.73 Å². The van der Waals surface area contributed by atoms with E-state index in [4.69, 9.17) is 15.9 Å². The number of aromatic amines is 1. The van der Waals surface area contributed by atoms with Crippen LogP contribution in [0.4, 0.5) is 11.4 Å². The maximum Gasteiger partial charge on any atom is 0.417 e. The molecular formula is C10H12N4O4. The molecule has 2 aromatic rings. The van der Waals surface area contributed by atoms with Crippen LogP contribution in [0.25, 0.3) is 11.1 Å². The summed E-state index contributed by atoms with van der Waals surface area (Å²) in [5, 5.41) is 12.0. The molecule has 18 heavy (non-hydrogen) atoms. The van der Waals surface area contributed by atoms with Crippen LogP contribution in [0, 0.1) is 0 Å². The monoisotopic (exact) mass is 252 g/mol. The molecule has 0 aliphatic carbocycles. The van der Waals surface area contributed by atoms with Gasteiger partial charge in [0, 0.05) is 12.6 Å². The van der Waals surface area contributed by atoms with Crippen LogP contribution >= 0.6 is 0 Å². The second kappa shape index (κ2) is 4.41. The molecule has 1 heterocycles. The maximum atomic E-state index is 11.0. The average Bonchev–Trinajstić information content (AvgIpc) is 2.64. The smallest absolute Gasteiger partial charge is 0.408 e. The maximum absolute atomic E-state index is 11.0. The number of nitrogen functional groups attached to an aromatic ring is 1. The summed E-state index contributed by atoms with van der Waals surface area (Å²) in [6.07, 6.45) is -1.32. The van der Waals surface area contributed by atoms with Gasteiger partial charge < -0.3 is 26.3 Å². The molecule has 0 saturated heterocycles. The number of rotatable bonds is 4. The van der Waals surface area contributed by atoms with Crippen LogP contribution in [-0.4, -0.2) is 28.6 Å². The number of fused-ring (bicyclic) bond motifs is 1. The first-order valence-electron chi connectivity index (χ1n) is 5.11. The predicted molar refractivity (Wildman–Crippen MR) is 64.9 cm³/mol. The van der Waals surface area contributed by atoms with Gasteiger partial charge in [-0.2, -0.15) is 0 Å². The molecule has 0 aliphatic heterocycles. The minimum Gasteiger partial charge on any atom is -0.408 e. The number of carbonyl (C=O) groups is 1. The normalized spacial score (nSPS) is 12.5. The number of primary amides is 1. The largest absolute Gasteiger partial charge is 0.417 e. The van der Waals surface area contributed by atoms with Gasteiger partial charge >= 0.3 is 5.76 Å². The lowest BCUT2D eigenvalue weighted by Crippen LogP contribution is -2.34. The Morgan fingerprint density at radius 3 is 2.94 bits per heavy atom. The van der Waals surface area contributed by atoms with Crippen molar-refractivity contribution in [2.75, 3.05) is 17.6 Å². The molecule has 0 fully saturated rings. The van der Waals surface area contributed by atoms with Gasteiger partial charge in [0.25, 0.3) is 0 Å². The van der Waals surface area contributed by atoms with Gasteiger partial charge in [0.15, 0.2) is 5.58 Å². The van der Waals surface area contributed by atoms with Gasteiger partial charge in [0.1, 0.15) is 6.10 Å². The van der Waals surface area contributed by atoms with Gasteiger partial charge in [-0.3, -0.25) is 9.78 Å². The highest BCUT2D eigenvalue weighted by atomic mass is 16.4. The Bertz CT molecular complexity index is 645. The summed E-state index contributed by atoms with van der Waals surface area (Å²) in [4.78, 5) is 24.1. The van der Waals surface area contributed by atoms with E-state index in [0.717, 1.165) is 0 Å². The number of oxazole rings is 1. The number of nitrogens with two attached hydrogens (primary N) is 2. The van der Waals surface area contributed by atoms with Crippen molar-refractivity contribution in [3.05, 3.63) is 22.7 Å². The SMILES string of the molecule is NC(=O)C(O)CNc1cc2[nH]c(=O)oc2cc1N. The topological polar surface area (TPSA) is 147 Å². The number of aliphatic hydroxyl groups is 1. The van der Waals surface area contributed by atoms with E-state index in [2.05, 4.69) is 10.3 Å². The Labute approximate surface area is 101 Å². The van der Waals surface area contributed by atoms with Crippen molar-refractivity contribution in [2.45, 2.75) is 6.10 Å². The Morgan fingerprint density at radius 1 is 1.56 bits per heavy atom. The third-order valence-corrected chi connectivity index (χ3v) is 2.41.